The number of H-pyrrole nitrogens is 1. The van der Waals surface area contributed by atoms with Crippen LogP contribution >= 0.6 is 0 Å². The number of ether oxygens (including phenoxy) is 1. The van der Waals surface area contributed by atoms with Crippen molar-refractivity contribution in [3.8, 4) is 0 Å². The molecule has 4 heteroatoms. The summed E-state index contributed by atoms with van der Waals surface area (Å²) in [6.45, 7) is 4.60. The van der Waals surface area contributed by atoms with Crippen molar-refractivity contribution < 1.29 is 4.74 Å². The molecule has 1 aromatic rings. The first-order chi connectivity index (χ1) is 9.96. The smallest absolute Gasteiger partial charge is 0.254 e. The van der Waals surface area contributed by atoms with Crippen LogP contribution in [-0.4, -0.2) is 17.1 Å². The maximum atomic E-state index is 12.4. The van der Waals surface area contributed by atoms with Crippen LogP contribution in [0.4, 0.5) is 0 Å². The van der Waals surface area contributed by atoms with E-state index in [2.05, 4.69) is 18.8 Å². The molecule has 0 bridgehead atoms. The Morgan fingerprint density at radius 1 is 1.10 bits per heavy atom. The minimum Gasteiger partial charge on any atom is -0.370 e. The minimum absolute atomic E-state index is 0.0518. The van der Waals surface area contributed by atoms with Crippen molar-refractivity contribution >= 4 is 0 Å². The molecule has 116 valence electrons. The molecule has 1 N–H and O–H groups in total. The average Bonchev–Trinajstić information content (AvgIpc) is 2.48. The van der Waals surface area contributed by atoms with Gasteiger partial charge in [-0.05, 0) is 56.8 Å². The van der Waals surface area contributed by atoms with E-state index in [4.69, 9.17) is 9.72 Å². The van der Waals surface area contributed by atoms with Crippen LogP contribution in [0.5, 0.6) is 0 Å². The van der Waals surface area contributed by atoms with E-state index in [0.29, 0.717) is 5.41 Å². The van der Waals surface area contributed by atoms with Crippen LogP contribution in [0, 0.1) is 5.41 Å². The molecule has 4 nitrogen and oxygen atoms in total. The molecule has 0 saturated heterocycles. The second kappa shape index (κ2) is 5.24. The number of aryl methyl sites for hydroxylation is 1. The fraction of sp³-hybridized carbons (Fsp3) is 0.765. The lowest BCUT2D eigenvalue weighted by Crippen LogP contribution is -2.40. The Hall–Kier alpha value is -1.16. The quantitative estimate of drug-likeness (QED) is 0.910. The molecule has 0 amide bonds. The van der Waals surface area contributed by atoms with Crippen LogP contribution in [-0.2, 0) is 23.2 Å². The minimum atomic E-state index is -0.402. The molecule has 1 saturated carbocycles. The normalized spacial score (nSPS) is 23.6. The summed E-state index contributed by atoms with van der Waals surface area (Å²) in [5.74, 6) is 0.756. The third-order valence-corrected chi connectivity index (χ3v) is 5.43. The van der Waals surface area contributed by atoms with E-state index in [0.717, 1.165) is 68.4 Å². The molecule has 0 atom stereocenters. The molecular weight excluding hydrogens is 264 g/mol. The standard InChI is InChI=1S/C17H26N2O2/c1-16(2)8-10-17(21-3,11-9-16)15-18-13-7-5-4-6-12(13)14(20)19-15/h4-11H2,1-3H3,(H,18,19,20). The Morgan fingerprint density at radius 2 is 1.76 bits per heavy atom. The third-order valence-electron chi connectivity index (χ3n) is 5.43. The molecule has 1 fully saturated rings. The van der Waals surface area contributed by atoms with Crippen LogP contribution in [0.2, 0.25) is 0 Å². The van der Waals surface area contributed by atoms with Gasteiger partial charge in [-0.25, -0.2) is 4.98 Å². The Balaban J connectivity index is 1.98. The first kappa shape index (κ1) is 14.8. The molecule has 21 heavy (non-hydrogen) atoms. The summed E-state index contributed by atoms with van der Waals surface area (Å²) >= 11 is 0. The Bertz CT molecular complexity index is 579. The molecule has 0 unspecified atom stereocenters. The van der Waals surface area contributed by atoms with E-state index < -0.39 is 5.60 Å². The summed E-state index contributed by atoms with van der Waals surface area (Å²) in [6.07, 6.45) is 8.08. The average molecular weight is 290 g/mol. The maximum absolute atomic E-state index is 12.4. The fourth-order valence-electron chi connectivity index (χ4n) is 3.69. The number of nitrogens with zero attached hydrogens (tertiary/aromatic N) is 1. The Morgan fingerprint density at radius 3 is 2.43 bits per heavy atom. The van der Waals surface area contributed by atoms with Crippen LogP contribution < -0.4 is 5.56 Å². The zero-order valence-electron chi connectivity index (χ0n) is 13.4. The number of fused-ring (bicyclic) bond motifs is 1. The van der Waals surface area contributed by atoms with Gasteiger partial charge in [0, 0.05) is 12.7 Å². The SMILES string of the molecule is COC1(c2nc3c(c(=O)[nH]2)CCCC3)CCC(C)(C)CC1. The number of nitrogens with one attached hydrogen (secondary N) is 1. The van der Waals surface area contributed by atoms with E-state index in [1.807, 2.05) is 0 Å². The van der Waals surface area contributed by atoms with E-state index in [1.54, 1.807) is 7.11 Å². The lowest BCUT2D eigenvalue weighted by molar-refractivity contribution is -0.0732. The Labute approximate surface area is 126 Å². The van der Waals surface area contributed by atoms with Gasteiger partial charge in [-0.3, -0.25) is 4.79 Å². The number of aromatic nitrogens is 2. The topological polar surface area (TPSA) is 55.0 Å². The second-order valence-corrected chi connectivity index (χ2v) is 7.41. The van der Waals surface area contributed by atoms with E-state index >= 15 is 0 Å². The lowest BCUT2D eigenvalue weighted by Gasteiger charge is -2.42. The van der Waals surface area contributed by atoms with Gasteiger partial charge in [0.15, 0.2) is 0 Å². The fourth-order valence-corrected chi connectivity index (χ4v) is 3.69. The summed E-state index contributed by atoms with van der Waals surface area (Å²) in [7, 11) is 1.75. The lowest BCUT2D eigenvalue weighted by atomic mass is 9.70. The molecule has 0 spiro atoms. The number of methoxy groups -OCH3 is 1. The highest BCUT2D eigenvalue weighted by molar-refractivity contribution is 5.22. The molecule has 0 radical (unpaired) electrons. The Kier molecular flexibility index (Phi) is 3.68. The van der Waals surface area contributed by atoms with Crippen molar-refractivity contribution in [2.24, 2.45) is 5.41 Å². The predicted molar refractivity (Wildman–Crippen MR) is 82.4 cm³/mol. The van der Waals surface area contributed by atoms with Gasteiger partial charge in [-0.2, -0.15) is 0 Å². The van der Waals surface area contributed by atoms with Gasteiger partial charge >= 0.3 is 0 Å². The van der Waals surface area contributed by atoms with Gasteiger partial charge in [-0.15, -0.1) is 0 Å². The van der Waals surface area contributed by atoms with Gasteiger partial charge in [0.05, 0.1) is 5.69 Å². The number of hydrogen-bond acceptors (Lipinski definition) is 3. The summed E-state index contributed by atoms with van der Waals surface area (Å²) < 4.78 is 5.87. The van der Waals surface area contributed by atoms with E-state index in [-0.39, 0.29) is 5.56 Å². The zero-order chi connectivity index (χ0) is 15.1. The van der Waals surface area contributed by atoms with Gasteiger partial charge < -0.3 is 9.72 Å². The molecule has 1 aromatic heterocycles. The monoisotopic (exact) mass is 290 g/mol. The molecule has 3 rings (SSSR count). The maximum Gasteiger partial charge on any atom is 0.254 e. The van der Waals surface area contributed by atoms with Crippen molar-refractivity contribution in [1.82, 2.24) is 9.97 Å². The predicted octanol–water partition coefficient (Wildman–Crippen LogP) is 3.09. The molecule has 2 aliphatic carbocycles. The molecule has 0 aromatic carbocycles. The van der Waals surface area contributed by atoms with Crippen molar-refractivity contribution in [3.63, 3.8) is 0 Å². The highest BCUT2D eigenvalue weighted by Gasteiger charge is 2.42. The highest BCUT2D eigenvalue weighted by Crippen LogP contribution is 2.46. The van der Waals surface area contributed by atoms with Crippen molar-refractivity contribution in [2.45, 2.75) is 70.8 Å². The van der Waals surface area contributed by atoms with Crippen LogP contribution in [0.15, 0.2) is 4.79 Å². The molecule has 0 aliphatic heterocycles. The van der Waals surface area contributed by atoms with E-state index in [1.165, 1.54) is 0 Å². The highest BCUT2D eigenvalue weighted by atomic mass is 16.5. The summed E-state index contributed by atoms with van der Waals surface area (Å²) in [5, 5.41) is 0. The number of hydrogen-bond donors (Lipinski definition) is 1. The first-order valence-electron chi connectivity index (χ1n) is 8.14. The van der Waals surface area contributed by atoms with E-state index in [9.17, 15) is 4.79 Å². The molecule has 2 aliphatic rings. The van der Waals surface area contributed by atoms with Gasteiger partial charge in [0.1, 0.15) is 11.4 Å². The van der Waals surface area contributed by atoms with Crippen molar-refractivity contribution in [2.75, 3.05) is 7.11 Å². The van der Waals surface area contributed by atoms with Crippen LogP contribution in [0.3, 0.4) is 0 Å². The largest absolute Gasteiger partial charge is 0.370 e. The van der Waals surface area contributed by atoms with Crippen LogP contribution in [0.25, 0.3) is 0 Å². The van der Waals surface area contributed by atoms with Crippen molar-refractivity contribution in [3.05, 3.63) is 27.4 Å². The first-order valence-corrected chi connectivity index (χ1v) is 8.14. The number of rotatable bonds is 2. The third kappa shape index (κ3) is 2.66. The molecular formula is C17H26N2O2. The van der Waals surface area contributed by atoms with Gasteiger partial charge in [0.2, 0.25) is 0 Å². The summed E-state index contributed by atoms with van der Waals surface area (Å²) in [6, 6.07) is 0. The summed E-state index contributed by atoms with van der Waals surface area (Å²) in [4.78, 5) is 20.2. The number of aromatic amines is 1. The summed E-state index contributed by atoms with van der Waals surface area (Å²) in [5.41, 5.74) is 1.90. The van der Waals surface area contributed by atoms with Gasteiger partial charge in [-0.1, -0.05) is 13.8 Å². The van der Waals surface area contributed by atoms with Crippen molar-refractivity contribution in [1.29, 1.82) is 0 Å². The molecule has 1 heterocycles. The van der Waals surface area contributed by atoms with Gasteiger partial charge in [0.25, 0.3) is 5.56 Å². The van der Waals surface area contributed by atoms with Crippen LogP contribution in [0.1, 0.15) is 69.5 Å². The zero-order valence-corrected chi connectivity index (χ0v) is 13.4. The second-order valence-electron chi connectivity index (χ2n) is 7.41.